The summed E-state index contributed by atoms with van der Waals surface area (Å²) in [5, 5.41) is 11.4. The summed E-state index contributed by atoms with van der Waals surface area (Å²) in [5.74, 6) is -0.185. The Hall–Kier alpha value is -3.62. The van der Waals surface area contributed by atoms with Crippen LogP contribution in [0.2, 0.25) is 0 Å². The summed E-state index contributed by atoms with van der Waals surface area (Å²) in [4.78, 5) is 36.1. The summed E-state index contributed by atoms with van der Waals surface area (Å²) < 4.78 is 1.55. The summed E-state index contributed by atoms with van der Waals surface area (Å²) in [5.41, 5.74) is 9.15. The molecule has 2 aromatic heterocycles. The first-order valence-electron chi connectivity index (χ1n) is 10.5. The van der Waals surface area contributed by atoms with Crippen molar-refractivity contribution in [1.29, 1.82) is 0 Å². The standard InChI is InChI=1S/C24H23N5O3/c1-28-7-6-14-8-15(2-4-19(14)24(28)32)22-11-26-20-5-3-16(9-21(20)27-22)23(31)29-12-17(25)10-18(30)13-29/h2-9,11,17-18,30H,10,12-13,25H2,1H3/t17-,18+/m0/s1. The van der Waals surface area contributed by atoms with Crippen molar-refractivity contribution in [3.8, 4) is 11.3 Å². The number of β-amino-alcohol motifs (C(OH)–C–C–N with tert-alkyl or cyclic N) is 1. The lowest BCUT2D eigenvalue weighted by Gasteiger charge is -2.34. The molecule has 1 fully saturated rings. The van der Waals surface area contributed by atoms with Gasteiger partial charge in [-0.25, -0.2) is 4.98 Å². The number of likely N-dealkylation sites (tertiary alicyclic amines) is 1. The number of hydrogen-bond acceptors (Lipinski definition) is 6. The first-order chi connectivity index (χ1) is 15.4. The zero-order valence-electron chi connectivity index (χ0n) is 17.6. The minimum absolute atomic E-state index is 0.0515. The normalized spacial score (nSPS) is 18.9. The third kappa shape index (κ3) is 3.63. The molecule has 0 aliphatic carbocycles. The van der Waals surface area contributed by atoms with Crippen LogP contribution in [0.3, 0.4) is 0 Å². The van der Waals surface area contributed by atoms with Crippen LogP contribution in [-0.4, -0.2) is 55.7 Å². The number of carbonyl (C=O) groups is 1. The Morgan fingerprint density at radius 3 is 2.78 bits per heavy atom. The monoisotopic (exact) mass is 429 g/mol. The molecule has 1 amide bonds. The largest absolute Gasteiger partial charge is 0.391 e. The van der Waals surface area contributed by atoms with Crippen molar-refractivity contribution in [1.82, 2.24) is 19.4 Å². The maximum Gasteiger partial charge on any atom is 0.258 e. The van der Waals surface area contributed by atoms with E-state index in [1.807, 2.05) is 18.2 Å². The fraction of sp³-hybridized carbons (Fsp3) is 0.250. The van der Waals surface area contributed by atoms with E-state index in [9.17, 15) is 14.7 Å². The molecule has 1 saturated heterocycles. The molecule has 2 aromatic carbocycles. The van der Waals surface area contributed by atoms with Crippen LogP contribution in [0.25, 0.3) is 33.1 Å². The predicted octanol–water partition coefficient (Wildman–Crippen LogP) is 1.68. The molecular formula is C24H23N5O3. The van der Waals surface area contributed by atoms with Gasteiger partial charge in [0, 0.05) is 48.9 Å². The number of nitrogens with zero attached hydrogens (tertiary/aromatic N) is 4. The van der Waals surface area contributed by atoms with Crippen molar-refractivity contribution in [3.05, 3.63) is 70.8 Å². The van der Waals surface area contributed by atoms with E-state index in [0.717, 1.165) is 10.9 Å². The Kier molecular flexibility index (Phi) is 4.96. The summed E-state index contributed by atoms with van der Waals surface area (Å²) >= 11 is 0. The number of aryl methyl sites for hydroxylation is 1. The van der Waals surface area contributed by atoms with Crippen LogP contribution in [0.15, 0.2) is 59.7 Å². The van der Waals surface area contributed by atoms with Gasteiger partial charge < -0.3 is 20.3 Å². The molecular weight excluding hydrogens is 406 g/mol. The van der Waals surface area contributed by atoms with E-state index in [-0.39, 0.29) is 24.1 Å². The third-order valence-corrected chi connectivity index (χ3v) is 5.91. The number of nitrogens with two attached hydrogens (primary N) is 1. The van der Waals surface area contributed by atoms with Gasteiger partial charge in [0.2, 0.25) is 0 Å². The lowest BCUT2D eigenvalue weighted by Crippen LogP contribution is -2.51. The average Bonchev–Trinajstić information content (AvgIpc) is 2.79. The molecule has 3 heterocycles. The van der Waals surface area contributed by atoms with Crippen molar-refractivity contribution in [2.24, 2.45) is 12.8 Å². The molecule has 0 bridgehead atoms. The number of amides is 1. The molecule has 1 aliphatic heterocycles. The Morgan fingerprint density at radius 1 is 1.12 bits per heavy atom. The third-order valence-electron chi connectivity index (χ3n) is 5.91. The molecule has 162 valence electrons. The highest BCUT2D eigenvalue weighted by molar-refractivity contribution is 5.97. The number of aromatic nitrogens is 3. The first-order valence-corrected chi connectivity index (χ1v) is 10.5. The van der Waals surface area contributed by atoms with Crippen LogP contribution in [0.4, 0.5) is 0 Å². The average molecular weight is 429 g/mol. The van der Waals surface area contributed by atoms with Crippen LogP contribution >= 0.6 is 0 Å². The second kappa shape index (κ2) is 7.81. The van der Waals surface area contributed by atoms with Crippen LogP contribution in [0, 0.1) is 0 Å². The molecule has 0 saturated carbocycles. The number of pyridine rings is 1. The fourth-order valence-electron chi connectivity index (χ4n) is 4.25. The molecule has 0 spiro atoms. The number of hydrogen-bond donors (Lipinski definition) is 2. The van der Waals surface area contributed by atoms with E-state index in [0.29, 0.717) is 40.6 Å². The Morgan fingerprint density at radius 2 is 1.97 bits per heavy atom. The molecule has 1 aliphatic rings. The van der Waals surface area contributed by atoms with Crippen LogP contribution in [0.1, 0.15) is 16.8 Å². The van der Waals surface area contributed by atoms with E-state index in [2.05, 4.69) is 4.98 Å². The van der Waals surface area contributed by atoms with Crippen molar-refractivity contribution >= 4 is 27.7 Å². The van der Waals surface area contributed by atoms with Crippen LogP contribution in [0.5, 0.6) is 0 Å². The highest BCUT2D eigenvalue weighted by atomic mass is 16.3. The molecule has 5 rings (SSSR count). The lowest BCUT2D eigenvalue weighted by atomic mass is 10.0. The fourth-order valence-corrected chi connectivity index (χ4v) is 4.25. The van der Waals surface area contributed by atoms with Gasteiger partial charge in [-0.05, 0) is 48.2 Å². The molecule has 8 heteroatoms. The van der Waals surface area contributed by atoms with Gasteiger partial charge in [0.25, 0.3) is 11.5 Å². The second-order valence-electron chi connectivity index (χ2n) is 8.35. The SMILES string of the molecule is Cn1ccc2cc(-c3cnc4ccc(C(=O)N5C[C@@H](N)C[C@@H](O)C5)cc4n3)ccc2c1=O. The number of aliphatic hydroxyl groups excluding tert-OH is 1. The Bertz CT molecular complexity index is 1400. The van der Waals surface area contributed by atoms with Crippen LogP contribution < -0.4 is 11.3 Å². The minimum atomic E-state index is -0.612. The number of aliphatic hydroxyl groups is 1. The van der Waals surface area contributed by atoms with Gasteiger partial charge in [-0.2, -0.15) is 0 Å². The number of piperidine rings is 1. The van der Waals surface area contributed by atoms with Crippen LogP contribution in [-0.2, 0) is 7.05 Å². The minimum Gasteiger partial charge on any atom is -0.391 e. The highest BCUT2D eigenvalue weighted by Crippen LogP contribution is 2.24. The van der Waals surface area contributed by atoms with E-state index in [1.54, 1.807) is 53.2 Å². The molecule has 32 heavy (non-hydrogen) atoms. The predicted molar refractivity (Wildman–Crippen MR) is 122 cm³/mol. The van der Waals surface area contributed by atoms with Gasteiger partial charge in [0.1, 0.15) is 0 Å². The maximum atomic E-state index is 13.0. The number of fused-ring (bicyclic) bond motifs is 2. The second-order valence-corrected chi connectivity index (χ2v) is 8.35. The highest BCUT2D eigenvalue weighted by Gasteiger charge is 2.27. The van der Waals surface area contributed by atoms with E-state index in [1.165, 1.54) is 0 Å². The zero-order chi connectivity index (χ0) is 22.4. The molecule has 0 unspecified atom stereocenters. The number of rotatable bonds is 2. The topological polar surface area (TPSA) is 114 Å². The van der Waals surface area contributed by atoms with Gasteiger partial charge in [-0.3, -0.25) is 14.6 Å². The van der Waals surface area contributed by atoms with E-state index < -0.39 is 6.10 Å². The van der Waals surface area contributed by atoms with Gasteiger partial charge in [-0.15, -0.1) is 0 Å². The summed E-state index contributed by atoms with van der Waals surface area (Å²) in [6, 6.07) is 12.4. The van der Waals surface area contributed by atoms with Crippen molar-refractivity contribution in [3.63, 3.8) is 0 Å². The van der Waals surface area contributed by atoms with Gasteiger partial charge in [0.05, 0.1) is 29.0 Å². The van der Waals surface area contributed by atoms with Gasteiger partial charge in [0.15, 0.2) is 0 Å². The molecule has 3 N–H and O–H groups in total. The summed E-state index contributed by atoms with van der Waals surface area (Å²) in [6.07, 6.45) is 3.31. The Labute approximate surface area is 183 Å². The van der Waals surface area contributed by atoms with Crippen molar-refractivity contribution in [2.45, 2.75) is 18.6 Å². The Balaban J connectivity index is 1.51. The molecule has 0 radical (unpaired) electrons. The quantitative estimate of drug-likeness (QED) is 0.501. The smallest absolute Gasteiger partial charge is 0.258 e. The van der Waals surface area contributed by atoms with Gasteiger partial charge in [-0.1, -0.05) is 6.07 Å². The maximum absolute atomic E-state index is 13.0. The molecule has 2 atom stereocenters. The number of benzene rings is 2. The summed E-state index contributed by atoms with van der Waals surface area (Å²) in [6.45, 7) is 0.684. The summed E-state index contributed by atoms with van der Waals surface area (Å²) in [7, 11) is 1.72. The number of carbonyl (C=O) groups excluding carboxylic acids is 1. The van der Waals surface area contributed by atoms with E-state index in [4.69, 9.17) is 10.7 Å². The van der Waals surface area contributed by atoms with Crippen molar-refractivity contribution < 1.29 is 9.90 Å². The lowest BCUT2D eigenvalue weighted by molar-refractivity contribution is 0.0424. The molecule has 8 nitrogen and oxygen atoms in total. The molecule has 4 aromatic rings. The van der Waals surface area contributed by atoms with Crippen molar-refractivity contribution in [2.75, 3.05) is 13.1 Å². The van der Waals surface area contributed by atoms with E-state index >= 15 is 0 Å². The van der Waals surface area contributed by atoms with Gasteiger partial charge >= 0.3 is 0 Å². The zero-order valence-corrected chi connectivity index (χ0v) is 17.6. The first kappa shape index (κ1) is 20.3.